The third-order valence-corrected chi connectivity index (χ3v) is 3.66. The Hall–Kier alpha value is -3.13. The lowest BCUT2D eigenvalue weighted by molar-refractivity contribution is 0.196. The maximum atomic E-state index is 8.86. The molecule has 4 N–H and O–H groups in total. The lowest BCUT2D eigenvalue weighted by Gasteiger charge is -2.12. The van der Waals surface area contributed by atoms with E-state index in [9.17, 15) is 0 Å². The van der Waals surface area contributed by atoms with Crippen LogP contribution in [-0.4, -0.2) is 45.6 Å². The van der Waals surface area contributed by atoms with E-state index in [1.165, 1.54) is 0 Å². The SMILES string of the molecule is COc1ccc(NC(N)=NCc2ccc(OCCO)c(OC)c2)cc1OC. The number of ether oxygens (including phenoxy) is 4. The number of nitrogens with two attached hydrogens (primary N) is 1. The van der Waals surface area contributed by atoms with Gasteiger partial charge in [-0.25, -0.2) is 4.99 Å². The summed E-state index contributed by atoms with van der Waals surface area (Å²) in [4.78, 5) is 4.33. The van der Waals surface area contributed by atoms with Gasteiger partial charge in [-0.05, 0) is 29.8 Å². The molecule has 2 rings (SSSR count). The number of nitrogens with zero attached hydrogens (tertiary/aromatic N) is 1. The van der Waals surface area contributed by atoms with Crippen molar-refractivity contribution in [2.45, 2.75) is 6.54 Å². The van der Waals surface area contributed by atoms with Crippen LogP contribution in [0.3, 0.4) is 0 Å². The molecule has 146 valence electrons. The highest BCUT2D eigenvalue weighted by Crippen LogP contribution is 2.30. The molecule has 0 heterocycles. The van der Waals surface area contributed by atoms with Crippen LogP contribution in [0, 0.1) is 0 Å². The number of methoxy groups -OCH3 is 3. The van der Waals surface area contributed by atoms with E-state index >= 15 is 0 Å². The van der Waals surface area contributed by atoms with Crippen LogP contribution in [0.4, 0.5) is 5.69 Å². The second kappa shape index (κ2) is 10.1. The zero-order chi connectivity index (χ0) is 19.6. The van der Waals surface area contributed by atoms with Crippen LogP contribution in [0.1, 0.15) is 5.56 Å². The summed E-state index contributed by atoms with van der Waals surface area (Å²) < 4.78 is 21.2. The molecular weight excluding hydrogens is 350 g/mol. The van der Waals surface area contributed by atoms with E-state index in [0.717, 1.165) is 11.3 Å². The molecule has 0 aliphatic heterocycles. The van der Waals surface area contributed by atoms with Gasteiger partial charge in [0.25, 0.3) is 0 Å². The van der Waals surface area contributed by atoms with E-state index < -0.39 is 0 Å². The van der Waals surface area contributed by atoms with E-state index in [1.54, 1.807) is 39.5 Å². The van der Waals surface area contributed by atoms with Crippen LogP contribution in [0.15, 0.2) is 41.4 Å². The number of benzene rings is 2. The number of guanidine groups is 1. The zero-order valence-corrected chi connectivity index (χ0v) is 15.7. The molecule has 2 aromatic carbocycles. The van der Waals surface area contributed by atoms with Gasteiger partial charge >= 0.3 is 0 Å². The normalized spacial score (nSPS) is 11.0. The molecule has 0 radical (unpaired) electrons. The fourth-order valence-electron chi connectivity index (χ4n) is 2.36. The first-order valence-electron chi connectivity index (χ1n) is 8.30. The van der Waals surface area contributed by atoms with Gasteiger partial charge in [0.1, 0.15) is 6.61 Å². The maximum Gasteiger partial charge on any atom is 0.193 e. The molecule has 0 atom stereocenters. The van der Waals surface area contributed by atoms with Gasteiger partial charge in [0, 0.05) is 11.8 Å². The molecule has 0 saturated heterocycles. The Morgan fingerprint density at radius 2 is 1.63 bits per heavy atom. The fraction of sp³-hybridized carbons (Fsp3) is 0.316. The number of aliphatic hydroxyl groups is 1. The molecule has 2 aromatic rings. The second-order valence-electron chi connectivity index (χ2n) is 5.45. The first-order chi connectivity index (χ1) is 13.1. The topological polar surface area (TPSA) is 108 Å². The standard InChI is InChI=1S/C19H25N3O5/c1-24-15-7-5-14(11-18(15)26-3)22-19(20)21-12-13-4-6-16(27-9-8-23)17(10-13)25-2/h4-7,10-11,23H,8-9,12H2,1-3H3,(H3,20,21,22). The van der Waals surface area contributed by atoms with Gasteiger partial charge in [-0.1, -0.05) is 6.07 Å². The summed E-state index contributed by atoms with van der Waals surface area (Å²) in [6.07, 6.45) is 0. The number of rotatable bonds is 9. The van der Waals surface area contributed by atoms with Gasteiger partial charge in [-0.15, -0.1) is 0 Å². The van der Waals surface area contributed by atoms with Crippen LogP contribution in [-0.2, 0) is 6.54 Å². The average molecular weight is 375 g/mol. The number of aliphatic imine (C=N–C) groups is 1. The molecule has 0 aromatic heterocycles. The molecule has 8 heteroatoms. The third kappa shape index (κ3) is 5.68. The van der Waals surface area contributed by atoms with Crippen molar-refractivity contribution in [3.05, 3.63) is 42.0 Å². The molecule has 0 saturated carbocycles. The highest BCUT2D eigenvalue weighted by Gasteiger charge is 2.07. The number of anilines is 1. The largest absolute Gasteiger partial charge is 0.493 e. The van der Waals surface area contributed by atoms with Crippen molar-refractivity contribution >= 4 is 11.6 Å². The van der Waals surface area contributed by atoms with Crippen LogP contribution in [0.2, 0.25) is 0 Å². The van der Waals surface area contributed by atoms with Gasteiger partial charge in [0.2, 0.25) is 0 Å². The third-order valence-electron chi connectivity index (χ3n) is 3.66. The van der Waals surface area contributed by atoms with E-state index in [-0.39, 0.29) is 19.2 Å². The minimum atomic E-state index is -0.0620. The van der Waals surface area contributed by atoms with Crippen LogP contribution in [0.25, 0.3) is 0 Å². The summed E-state index contributed by atoms with van der Waals surface area (Å²) in [6.45, 7) is 0.506. The molecule has 0 bridgehead atoms. The molecule has 0 amide bonds. The van der Waals surface area contributed by atoms with E-state index in [4.69, 9.17) is 29.8 Å². The molecule has 27 heavy (non-hydrogen) atoms. The van der Waals surface area contributed by atoms with Crippen LogP contribution in [0.5, 0.6) is 23.0 Å². The van der Waals surface area contributed by atoms with Gasteiger partial charge in [0.15, 0.2) is 29.0 Å². The predicted octanol–water partition coefficient (Wildman–Crippen LogP) is 2.01. The fourth-order valence-corrected chi connectivity index (χ4v) is 2.36. The quantitative estimate of drug-likeness (QED) is 0.454. The van der Waals surface area contributed by atoms with Gasteiger partial charge in [-0.3, -0.25) is 0 Å². The Kier molecular flexibility index (Phi) is 7.57. The molecular formula is C19H25N3O5. The first kappa shape index (κ1) is 20.2. The van der Waals surface area contributed by atoms with E-state index in [1.807, 2.05) is 18.2 Å². The molecule has 0 aliphatic carbocycles. The average Bonchev–Trinajstić information content (AvgIpc) is 2.70. The molecule has 0 fully saturated rings. The Labute approximate surface area is 158 Å². The first-order valence-corrected chi connectivity index (χ1v) is 8.30. The maximum absolute atomic E-state index is 8.86. The smallest absolute Gasteiger partial charge is 0.193 e. The zero-order valence-electron chi connectivity index (χ0n) is 15.7. The number of hydrogen-bond acceptors (Lipinski definition) is 6. The molecule has 0 spiro atoms. The van der Waals surface area contributed by atoms with Gasteiger partial charge in [-0.2, -0.15) is 0 Å². The highest BCUT2D eigenvalue weighted by molar-refractivity contribution is 5.92. The van der Waals surface area contributed by atoms with Crippen LogP contribution >= 0.6 is 0 Å². The Balaban J connectivity index is 2.04. The predicted molar refractivity (Wildman–Crippen MR) is 104 cm³/mol. The van der Waals surface area contributed by atoms with Crippen LogP contribution < -0.4 is 30.0 Å². The Morgan fingerprint density at radius 1 is 0.963 bits per heavy atom. The van der Waals surface area contributed by atoms with Crippen molar-refractivity contribution in [2.75, 3.05) is 39.9 Å². The monoisotopic (exact) mass is 375 g/mol. The van der Waals surface area contributed by atoms with Gasteiger partial charge < -0.3 is 35.1 Å². The van der Waals surface area contributed by atoms with E-state index in [2.05, 4.69) is 10.3 Å². The molecule has 0 unspecified atom stereocenters. The highest BCUT2D eigenvalue weighted by atomic mass is 16.5. The van der Waals surface area contributed by atoms with Crippen molar-refractivity contribution in [3.63, 3.8) is 0 Å². The molecule has 8 nitrogen and oxygen atoms in total. The lowest BCUT2D eigenvalue weighted by atomic mass is 10.2. The molecule has 0 aliphatic rings. The summed E-state index contributed by atoms with van der Waals surface area (Å²) in [5, 5.41) is 11.9. The summed E-state index contributed by atoms with van der Waals surface area (Å²) in [5.74, 6) is 2.63. The summed E-state index contributed by atoms with van der Waals surface area (Å²) in [5.41, 5.74) is 7.60. The van der Waals surface area contributed by atoms with Crippen molar-refractivity contribution in [1.29, 1.82) is 0 Å². The number of hydrogen-bond donors (Lipinski definition) is 3. The van der Waals surface area contributed by atoms with E-state index in [0.29, 0.717) is 29.5 Å². The summed E-state index contributed by atoms with van der Waals surface area (Å²) >= 11 is 0. The minimum absolute atomic E-state index is 0.0620. The lowest BCUT2D eigenvalue weighted by Crippen LogP contribution is -2.22. The van der Waals surface area contributed by atoms with Crippen molar-refractivity contribution < 1.29 is 24.1 Å². The minimum Gasteiger partial charge on any atom is -0.493 e. The summed E-state index contributed by atoms with van der Waals surface area (Å²) in [7, 11) is 4.71. The van der Waals surface area contributed by atoms with Crippen molar-refractivity contribution in [1.82, 2.24) is 0 Å². The van der Waals surface area contributed by atoms with Crippen molar-refractivity contribution in [3.8, 4) is 23.0 Å². The van der Waals surface area contributed by atoms with Crippen molar-refractivity contribution in [2.24, 2.45) is 10.7 Å². The van der Waals surface area contributed by atoms with Gasteiger partial charge in [0.05, 0.1) is 34.5 Å². The summed E-state index contributed by atoms with van der Waals surface area (Å²) in [6, 6.07) is 10.8. The number of nitrogens with one attached hydrogen (secondary N) is 1. The number of aliphatic hydroxyl groups excluding tert-OH is 1. The Morgan fingerprint density at radius 3 is 2.30 bits per heavy atom. The second-order valence-corrected chi connectivity index (χ2v) is 5.45. The Bertz CT molecular complexity index is 780.